The first-order valence-corrected chi connectivity index (χ1v) is 12.9. The van der Waals surface area contributed by atoms with Crippen molar-refractivity contribution in [1.82, 2.24) is 15.0 Å². The molecule has 8 atom stereocenters. The summed E-state index contributed by atoms with van der Waals surface area (Å²) in [6.07, 6.45) is -2.34. The molecule has 3 aliphatic rings. The number of alkyl halides is 3. The fourth-order valence-electron chi connectivity index (χ4n) is 5.91. The molecule has 0 amide bonds. The highest BCUT2D eigenvalue weighted by Crippen LogP contribution is 2.51. The summed E-state index contributed by atoms with van der Waals surface area (Å²) in [7, 11) is 0. The van der Waals surface area contributed by atoms with Crippen LogP contribution in [-0.2, 0) is 10.9 Å². The zero-order valence-electron chi connectivity index (χ0n) is 20.5. The highest BCUT2D eigenvalue weighted by Gasteiger charge is 2.50. The number of halogens is 3. The summed E-state index contributed by atoms with van der Waals surface area (Å²) in [4.78, 5) is 0. The molecular formula is C26H34F3N3O4. The largest absolute Gasteiger partial charge is 0.417 e. The van der Waals surface area contributed by atoms with E-state index in [9.17, 15) is 28.5 Å². The molecule has 10 heteroatoms. The average Bonchev–Trinajstić information content (AvgIpc) is 3.77. The third-order valence-electron chi connectivity index (χ3n) is 8.26. The second-order valence-electron chi connectivity index (χ2n) is 10.8. The summed E-state index contributed by atoms with van der Waals surface area (Å²) in [5.74, 6) is 0.978. The van der Waals surface area contributed by atoms with Crippen LogP contribution in [0.15, 0.2) is 24.4 Å². The highest BCUT2D eigenvalue weighted by molar-refractivity contribution is 5.64. The van der Waals surface area contributed by atoms with Crippen molar-refractivity contribution >= 4 is 0 Å². The molecule has 1 saturated heterocycles. The van der Waals surface area contributed by atoms with Crippen molar-refractivity contribution in [2.75, 3.05) is 6.61 Å². The first kappa shape index (κ1) is 25.6. The van der Waals surface area contributed by atoms with Gasteiger partial charge in [0.05, 0.1) is 24.5 Å². The lowest BCUT2D eigenvalue weighted by Gasteiger charge is -2.44. The number of benzene rings is 1. The molecule has 2 heterocycles. The number of hydrogen-bond acceptors (Lipinski definition) is 6. The quantitative estimate of drug-likeness (QED) is 0.499. The Labute approximate surface area is 208 Å². The molecule has 1 aliphatic heterocycles. The summed E-state index contributed by atoms with van der Waals surface area (Å²) in [6, 6.07) is 3.39. The summed E-state index contributed by atoms with van der Waals surface area (Å²) in [6.45, 7) is 3.58. The molecule has 5 rings (SSSR count). The molecule has 3 N–H and O–H groups in total. The van der Waals surface area contributed by atoms with E-state index in [0.717, 1.165) is 32.1 Å². The van der Waals surface area contributed by atoms with Crippen molar-refractivity contribution in [3.63, 3.8) is 0 Å². The molecule has 198 valence electrons. The van der Waals surface area contributed by atoms with Gasteiger partial charge in [0.2, 0.25) is 0 Å². The second-order valence-corrected chi connectivity index (χ2v) is 10.8. The fourth-order valence-corrected chi connectivity index (χ4v) is 5.91. The van der Waals surface area contributed by atoms with Crippen molar-refractivity contribution in [2.45, 2.75) is 88.5 Å². The number of ether oxygens (including phenoxy) is 1. The molecule has 2 saturated carbocycles. The second kappa shape index (κ2) is 9.70. The molecule has 2 aromatic rings. The zero-order valence-corrected chi connectivity index (χ0v) is 20.5. The van der Waals surface area contributed by atoms with Crippen LogP contribution in [0.2, 0.25) is 0 Å². The van der Waals surface area contributed by atoms with Crippen LogP contribution in [0.3, 0.4) is 0 Å². The number of aromatic nitrogens is 3. The summed E-state index contributed by atoms with van der Waals surface area (Å²) >= 11 is 0. The van der Waals surface area contributed by atoms with Crippen LogP contribution in [0.4, 0.5) is 13.2 Å². The summed E-state index contributed by atoms with van der Waals surface area (Å²) in [5.41, 5.74) is -0.165. The first-order valence-electron chi connectivity index (χ1n) is 12.9. The van der Waals surface area contributed by atoms with Crippen molar-refractivity contribution in [3.05, 3.63) is 35.5 Å². The Morgan fingerprint density at radius 2 is 1.94 bits per heavy atom. The normalized spacial score (nSPS) is 33.5. The van der Waals surface area contributed by atoms with Gasteiger partial charge in [-0.25, -0.2) is 4.68 Å². The molecule has 0 bridgehead atoms. The van der Waals surface area contributed by atoms with Gasteiger partial charge in [-0.05, 0) is 54.6 Å². The Morgan fingerprint density at radius 3 is 2.58 bits per heavy atom. The van der Waals surface area contributed by atoms with E-state index in [4.69, 9.17) is 4.74 Å². The monoisotopic (exact) mass is 509 g/mol. The van der Waals surface area contributed by atoms with Crippen LogP contribution in [-0.4, -0.2) is 61.3 Å². The van der Waals surface area contributed by atoms with Crippen molar-refractivity contribution in [2.24, 2.45) is 17.8 Å². The predicted molar refractivity (Wildman–Crippen MR) is 125 cm³/mol. The molecule has 0 radical (unpaired) electrons. The molecule has 0 spiro atoms. The minimum Gasteiger partial charge on any atom is -0.394 e. The van der Waals surface area contributed by atoms with Crippen LogP contribution in [0, 0.1) is 17.8 Å². The lowest BCUT2D eigenvalue weighted by atomic mass is 9.85. The molecule has 7 nitrogen and oxygen atoms in total. The van der Waals surface area contributed by atoms with E-state index in [1.165, 1.54) is 23.0 Å². The molecule has 2 aliphatic carbocycles. The molecule has 6 unspecified atom stereocenters. The van der Waals surface area contributed by atoms with E-state index < -0.39 is 48.8 Å². The molecular weight excluding hydrogens is 475 g/mol. The number of hydrogen-bond donors (Lipinski definition) is 3. The lowest BCUT2D eigenvalue weighted by Crippen LogP contribution is -2.57. The van der Waals surface area contributed by atoms with Gasteiger partial charge in [-0.1, -0.05) is 44.0 Å². The SMILES string of the molecule is CCCC1CC1c1ccc(-c2cn(C3C(O)[C@H](C(C)C4CC4)OC(CO)[C@@H]3O)nn2)c(C(F)(F)F)c1. The van der Waals surface area contributed by atoms with E-state index in [0.29, 0.717) is 17.4 Å². The van der Waals surface area contributed by atoms with Gasteiger partial charge in [-0.2, -0.15) is 13.2 Å². The predicted octanol–water partition coefficient (Wildman–Crippen LogP) is 3.94. The van der Waals surface area contributed by atoms with Gasteiger partial charge in [0.1, 0.15) is 30.0 Å². The maximum absolute atomic E-state index is 14.1. The van der Waals surface area contributed by atoms with Crippen LogP contribution in [0.1, 0.15) is 69.0 Å². The Kier molecular flexibility index (Phi) is 6.91. The standard InChI is InChI=1S/C26H34F3N3O4/c1-3-4-15-9-18(15)16-7-8-17(19(10-16)26(27,28)29)20-11-32(31-30-20)22-23(34)21(12-33)36-25(24(22)35)13(2)14-5-6-14/h7-8,10-11,13-15,18,21-25,33-35H,3-6,9,12H2,1-2H3/t13?,15?,18?,21?,22?,23-,24?,25-/m0/s1. The van der Waals surface area contributed by atoms with Gasteiger partial charge in [0.15, 0.2) is 0 Å². The maximum Gasteiger partial charge on any atom is 0.417 e. The first-order chi connectivity index (χ1) is 17.1. The van der Waals surface area contributed by atoms with Crippen LogP contribution in [0.5, 0.6) is 0 Å². The van der Waals surface area contributed by atoms with E-state index in [2.05, 4.69) is 17.2 Å². The van der Waals surface area contributed by atoms with Gasteiger partial charge in [-0.3, -0.25) is 0 Å². The average molecular weight is 510 g/mol. The zero-order chi connectivity index (χ0) is 25.8. The Bertz CT molecular complexity index is 1070. The van der Waals surface area contributed by atoms with Gasteiger partial charge in [-0.15, -0.1) is 5.10 Å². The van der Waals surface area contributed by atoms with Crippen LogP contribution in [0.25, 0.3) is 11.3 Å². The third-order valence-corrected chi connectivity index (χ3v) is 8.26. The molecule has 1 aromatic heterocycles. The minimum atomic E-state index is -4.57. The van der Waals surface area contributed by atoms with Gasteiger partial charge in [0.25, 0.3) is 0 Å². The van der Waals surface area contributed by atoms with Crippen molar-refractivity contribution in [1.29, 1.82) is 0 Å². The van der Waals surface area contributed by atoms with Crippen molar-refractivity contribution < 1.29 is 33.2 Å². The van der Waals surface area contributed by atoms with Crippen LogP contribution >= 0.6 is 0 Å². The molecule has 1 aromatic carbocycles. The fraction of sp³-hybridized carbons (Fsp3) is 0.692. The molecule has 3 fully saturated rings. The topological polar surface area (TPSA) is 101 Å². The number of aliphatic hydroxyl groups is 3. The van der Waals surface area contributed by atoms with E-state index in [-0.39, 0.29) is 23.1 Å². The Balaban J connectivity index is 1.45. The number of nitrogens with zero attached hydrogens (tertiary/aromatic N) is 3. The van der Waals surface area contributed by atoms with Gasteiger partial charge in [0, 0.05) is 5.56 Å². The number of aliphatic hydroxyl groups excluding tert-OH is 3. The van der Waals surface area contributed by atoms with Crippen LogP contribution < -0.4 is 0 Å². The third kappa shape index (κ3) is 4.80. The summed E-state index contributed by atoms with van der Waals surface area (Å²) in [5, 5.41) is 39.7. The lowest BCUT2D eigenvalue weighted by molar-refractivity contribution is -0.219. The van der Waals surface area contributed by atoms with E-state index in [1.807, 2.05) is 6.92 Å². The van der Waals surface area contributed by atoms with Crippen molar-refractivity contribution in [3.8, 4) is 11.3 Å². The van der Waals surface area contributed by atoms with E-state index >= 15 is 0 Å². The number of rotatable bonds is 8. The smallest absolute Gasteiger partial charge is 0.394 e. The van der Waals surface area contributed by atoms with Gasteiger partial charge < -0.3 is 20.1 Å². The van der Waals surface area contributed by atoms with E-state index in [1.54, 1.807) is 6.07 Å². The maximum atomic E-state index is 14.1. The minimum absolute atomic E-state index is 0.00428. The highest BCUT2D eigenvalue weighted by atomic mass is 19.4. The Hall–Kier alpha value is -2.01. The Morgan fingerprint density at radius 1 is 1.19 bits per heavy atom. The summed E-state index contributed by atoms with van der Waals surface area (Å²) < 4.78 is 49.3. The van der Waals surface area contributed by atoms with Gasteiger partial charge >= 0.3 is 6.18 Å². The molecule has 36 heavy (non-hydrogen) atoms.